The Morgan fingerprint density at radius 2 is 1.49 bits per heavy atom. The van der Waals surface area contributed by atoms with Gasteiger partial charge >= 0.3 is 5.63 Å². The van der Waals surface area contributed by atoms with Crippen LogP contribution in [0.2, 0.25) is 0 Å². The Bertz CT molecular complexity index is 1540. The van der Waals surface area contributed by atoms with Crippen LogP contribution in [0.25, 0.3) is 29.2 Å². The van der Waals surface area contributed by atoms with Crippen molar-refractivity contribution in [2.24, 2.45) is 0 Å². The highest BCUT2D eigenvalue weighted by atomic mass is 16.5. The predicted molar refractivity (Wildman–Crippen MR) is 144 cm³/mol. The first-order valence-corrected chi connectivity index (χ1v) is 11.4. The van der Waals surface area contributed by atoms with E-state index in [-0.39, 0.29) is 5.56 Å². The van der Waals surface area contributed by atoms with Crippen LogP contribution in [-0.4, -0.2) is 34.2 Å². The van der Waals surface area contributed by atoms with E-state index in [4.69, 9.17) is 23.4 Å². The summed E-state index contributed by atoms with van der Waals surface area (Å²) in [6, 6.07) is 17.9. The Hall–Kier alpha value is -4.78. The summed E-state index contributed by atoms with van der Waals surface area (Å²) < 4.78 is 26.8. The number of methoxy groups -OCH3 is 4. The van der Waals surface area contributed by atoms with Gasteiger partial charge in [-0.25, -0.2) is 4.79 Å². The van der Waals surface area contributed by atoms with Crippen molar-refractivity contribution in [1.29, 1.82) is 0 Å². The van der Waals surface area contributed by atoms with E-state index >= 15 is 0 Å². The topological polar surface area (TPSA) is 84.2 Å². The van der Waals surface area contributed by atoms with Crippen molar-refractivity contribution in [3.63, 3.8) is 0 Å². The molecule has 0 saturated carbocycles. The Labute approximate surface area is 214 Å². The SMILES string of the molecule is COc1ccc(C=Cc2cc(OC)cc(OC)c2/C=C/C(=O)c2cc3cccc(OC)c3oc2=O)cc1. The summed E-state index contributed by atoms with van der Waals surface area (Å²) in [5.74, 6) is 1.78. The molecule has 0 aliphatic carbocycles. The van der Waals surface area contributed by atoms with E-state index in [2.05, 4.69) is 0 Å². The number of benzene rings is 3. The molecule has 1 aromatic heterocycles. The predicted octanol–water partition coefficient (Wildman–Crippen LogP) is 5.89. The van der Waals surface area contributed by atoms with Crippen molar-refractivity contribution >= 4 is 35.0 Å². The maximum Gasteiger partial charge on any atom is 0.347 e. The second-order valence-corrected chi connectivity index (χ2v) is 7.96. The lowest BCUT2D eigenvalue weighted by atomic mass is 10.0. The van der Waals surface area contributed by atoms with Crippen LogP contribution in [0.5, 0.6) is 23.0 Å². The lowest BCUT2D eigenvalue weighted by molar-refractivity contribution is 0.104. The molecule has 0 N–H and O–H groups in total. The molecule has 0 spiro atoms. The lowest BCUT2D eigenvalue weighted by Crippen LogP contribution is -2.12. The van der Waals surface area contributed by atoms with Crippen LogP contribution >= 0.6 is 0 Å². The number of para-hydroxylation sites is 1. The normalized spacial score (nSPS) is 11.2. The minimum Gasteiger partial charge on any atom is -0.497 e. The van der Waals surface area contributed by atoms with Crippen molar-refractivity contribution in [2.75, 3.05) is 28.4 Å². The molecule has 1 heterocycles. The highest BCUT2D eigenvalue weighted by Crippen LogP contribution is 2.32. The highest BCUT2D eigenvalue weighted by Gasteiger charge is 2.15. The molecular weight excluding hydrogens is 472 g/mol. The quantitative estimate of drug-likeness (QED) is 0.123. The van der Waals surface area contributed by atoms with Gasteiger partial charge in [-0.05, 0) is 53.6 Å². The van der Waals surface area contributed by atoms with Gasteiger partial charge in [-0.1, -0.05) is 36.4 Å². The Kier molecular flexibility index (Phi) is 7.74. The van der Waals surface area contributed by atoms with E-state index in [0.717, 1.165) is 16.9 Å². The van der Waals surface area contributed by atoms with Gasteiger partial charge in [0.2, 0.25) is 0 Å². The molecule has 4 rings (SSSR count). The molecule has 0 saturated heterocycles. The zero-order valence-electron chi connectivity index (χ0n) is 20.9. The summed E-state index contributed by atoms with van der Waals surface area (Å²) >= 11 is 0. The number of hydrogen-bond donors (Lipinski definition) is 0. The summed E-state index contributed by atoms with van der Waals surface area (Å²) in [6.07, 6.45) is 6.77. The van der Waals surface area contributed by atoms with Gasteiger partial charge in [0.15, 0.2) is 17.1 Å². The molecule has 4 aromatic rings. The van der Waals surface area contributed by atoms with Crippen LogP contribution in [0, 0.1) is 0 Å². The second-order valence-electron chi connectivity index (χ2n) is 7.96. The van der Waals surface area contributed by atoms with Gasteiger partial charge in [-0.15, -0.1) is 0 Å². The number of allylic oxidation sites excluding steroid dienone is 1. The fourth-order valence-electron chi connectivity index (χ4n) is 3.82. The molecule has 7 heteroatoms. The Balaban J connectivity index is 1.72. The average Bonchev–Trinajstić information content (AvgIpc) is 2.94. The first-order chi connectivity index (χ1) is 18.0. The third-order valence-electron chi connectivity index (χ3n) is 5.78. The lowest BCUT2D eigenvalue weighted by Gasteiger charge is -2.11. The molecule has 188 valence electrons. The van der Waals surface area contributed by atoms with E-state index < -0.39 is 11.4 Å². The van der Waals surface area contributed by atoms with Gasteiger partial charge in [0.25, 0.3) is 0 Å². The van der Waals surface area contributed by atoms with Crippen molar-refractivity contribution in [3.05, 3.63) is 99.4 Å². The smallest absolute Gasteiger partial charge is 0.347 e. The van der Waals surface area contributed by atoms with Gasteiger partial charge in [-0.3, -0.25) is 4.79 Å². The van der Waals surface area contributed by atoms with E-state index in [9.17, 15) is 9.59 Å². The van der Waals surface area contributed by atoms with Crippen LogP contribution in [0.3, 0.4) is 0 Å². The molecule has 0 radical (unpaired) electrons. The molecule has 0 fully saturated rings. The maximum atomic E-state index is 13.0. The molecule has 0 unspecified atom stereocenters. The summed E-state index contributed by atoms with van der Waals surface area (Å²) in [5.41, 5.74) is 1.82. The van der Waals surface area contributed by atoms with Crippen molar-refractivity contribution in [1.82, 2.24) is 0 Å². The minimum atomic E-state index is -0.743. The summed E-state index contributed by atoms with van der Waals surface area (Å²) in [7, 11) is 6.21. The number of ether oxygens (including phenoxy) is 4. The molecule has 37 heavy (non-hydrogen) atoms. The highest BCUT2D eigenvalue weighted by molar-refractivity contribution is 6.08. The summed E-state index contributed by atoms with van der Waals surface area (Å²) in [6.45, 7) is 0. The number of hydrogen-bond acceptors (Lipinski definition) is 7. The number of carbonyl (C=O) groups excluding carboxylic acids is 1. The zero-order chi connectivity index (χ0) is 26.4. The first kappa shape index (κ1) is 25.3. The molecule has 0 atom stereocenters. The Morgan fingerprint density at radius 1 is 0.757 bits per heavy atom. The molecule has 3 aromatic carbocycles. The van der Waals surface area contributed by atoms with Gasteiger partial charge in [-0.2, -0.15) is 0 Å². The fourth-order valence-corrected chi connectivity index (χ4v) is 3.82. The van der Waals surface area contributed by atoms with Gasteiger partial charge in [0.05, 0.1) is 28.4 Å². The van der Waals surface area contributed by atoms with Crippen LogP contribution in [-0.2, 0) is 0 Å². The van der Waals surface area contributed by atoms with Gasteiger partial charge in [0, 0.05) is 17.0 Å². The van der Waals surface area contributed by atoms with Crippen molar-refractivity contribution in [2.45, 2.75) is 0 Å². The first-order valence-electron chi connectivity index (χ1n) is 11.4. The van der Waals surface area contributed by atoms with Crippen LogP contribution in [0.1, 0.15) is 27.0 Å². The van der Waals surface area contributed by atoms with Gasteiger partial charge in [0.1, 0.15) is 22.8 Å². The van der Waals surface area contributed by atoms with E-state index in [1.807, 2.05) is 42.5 Å². The third kappa shape index (κ3) is 5.56. The van der Waals surface area contributed by atoms with E-state index in [0.29, 0.717) is 33.8 Å². The molecule has 7 nitrogen and oxygen atoms in total. The van der Waals surface area contributed by atoms with E-state index in [1.54, 1.807) is 44.6 Å². The minimum absolute atomic E-state index is 0.0835. The molecule has 0 amide bonds. The van der Waals surface area contributed by atoms with Crippen LogP contribution < -0.4 is 24.6 Å². The van der Waals surface area contributed by atoms with Crippen LogP contribution in [0.4, 0.5) is 0 Å². The maximum absolute atomic E-state index is 13.0. The van der Waals surface area contributed by atoms with E-state index in [1.165, 1.54) is 26.4 Å². The molecule has 0 bridgehead atoms. The number of ketones is 1. The standard InChI is InChI=1S/C30H26O7/c1-33-22-12-9-19(10-13-22)8-11-20-16-23(34-2)18-28(36-4)24(20)14-15-26(31)25-17-21-6-5-7-27(35-3)29(21)37-30(25)32/h5-18H,1-4H3/b11-8?,15-14+. The molecule has 0 aliphatic rings. The van der Waals surface area contributed by atoms with Crippen molar-refractivity contribution in [3.8, 4) is 23.0 Å². The van der Waals surface area contributed by atoms with Crippen molar-refractivity contribution < 1.29 is 28.2 Å². The third-order valence-corrected chi connectivity index (χ3v) is 5.78. The number of fused-ring (bicyclic) bond motifs is 1. The molecule has 0 aliphatic heterocycles. The zero-order valence-corrected chi connectivity index (χ0v) is 20.9. The summed E-state index contributed by atoms with van der Waals surface area (Å²) in [5, 5.41) is 0.584. The molecular formula is C30H26O7. The van der Waals surface area contributed by atoms with Crippen LogP contribution in [0.15, 0.2) is 76.0 Å². The summed E-state index contributed by atoms with van der Waals surface area (Å²) in [4.78, 5) is 25.6. The van der Waals surface area contributed by atoms with Gasteiger partial charge < -0.3 is 23.4 Å². The average molecular weight is 499 g/mol. The number of rotatable bonds is 9. The number of carbonyl (C=O) groups is 1. The monoisotopic (exact) mass is 498 g/mol. The Morgan fingerprint density at radius 3 is 2.16 bits per heavy atom. The fraction of sp³-hybridized carbons (Fsp3) is 0.133. The largest absolute Gasteiger partial charge is 0.497 e. The second kappa shape index (κ2) is 11.3.